The summed E-state index contributed by atoms with van der Waals surface area (Å²) in [5.41, 5.74) is 1.10. The van der Waals surface area contributed by atoms with E-state index in [0.29, 0.717) is 5.92 Å². The molecule has 1 aromatic carbocycles. The topological polar surface area (TPSA) is 42.5 Å². The van der Waals surface area contributed by atoms with E-state index < -0.39 is 0 Å². The minimum atomic E-state index is 0.210. The summed E-state index contributed by atoms with van der Waals surface area (Å²) in [5, 5.41) is 6.88. The zero-order valence-corrected chi connectivity index (χ0v) is 10.5. The lowest BCUT2D eigenvalue weighted by molar-refractivity contribution is 0.179. The first-order chi connectivity index (χ1) is 8.92. The molecule has 0 saturated carbocycles. The summed E-state index contributed by atoms with van der Waals surface area (Å²) in [7, 11) is 0. The first-order valence-corrected chi connectivity index (χ1v) is 6.70. The van der Waals surface area contributed by atoms with E-state index in [1.807, 2.05) is 18.2 Å². The maximum atomic E-state index is 5.94. The maximum Gasteiger partial charge on any atom is 0.142 e. The van der Waals surface area contributed by atoms with Gasteiger partial charge in [-0.05, 0) is 24.5 Å². The third-order valence-corrected chi connectivity index (χ3v) is 3.53. The van der Waals surface area contributed by atoms with Gasteiger partial charge in [-0.15, -0.1) is 0 Å². The summed E-state index contributed by atoms with van der Waals surface area (Å²) in [6.07, 6.45) is 1.39. The van der Waals surface area contributed by atoms with Crippen LogP contribution in [-0.2, 0) is 4.74 Å². The van der Waals surface area contributed by atoms with Crippen molar-refractivity contribution in [2.45, 2.75) is 12.5 Å². The first-order valence-electron chi connectivity index (χ1n) is 6.70. The summed E-state index contributed by atoms with van der Waals surface area (Å²) in [6, 6.07) is 8.09. The second kappa shape index (κ2) is 5.59. The quantitative estimate of drug-likeness (QED) is 0.847. The smallest absolute Gasteiger partial charge is 0.142 e. The van der Waals surface area contributed by atoms with Crippen LogP contribution in [0, 0.1) is 5.92 Å². The van der Waals surface area contributed by atoms with E-state index in [1.165, 1.54) is 6.42 Å². The molecular formula is C14H20N2O2. The number of para-hydroxylation sites is 2. The molecule has 3 rings (SSSR count). The van der Waals surface area contributed by atoms with Gasteiger partial charge in [0.25, 0.3) is 0 Å². The van der Waals surface area contributed by atoms with Crippen molar-refractivity contribution in [2.75, 3.05) is 38.2 Å². The van der Waals surface area contributed by atoms with Gasteiger partial charge in [0.2, 0.25) is 0 Å². The van der Waals surface area contributed by atoms with Crippen molar-refractivity contribution in [3.8, 4) is 5.75 Å². The molecule has 0 aromatic heterocycles. The van der Waals surface area contributed by atoms with Crippen LogP contribution in [0.25, 0.3) is 0 Å². The minimum Gasteiger partial charge on any atom is -0.485 e. The predicted octanol–water partition coefficient (Wildman–Crippen LogP) is 1.49. The zero-order valence-electron chi connectivity index (χ0n) is 10.5. The van der Waals surface area contributed by atoms with Crippen LogP contribution in [0.1, 0.15) is 6.42 Å². The van der Waals surface area contributed by atoms with Crippen molar-refractivity contribution < 1.29 is 9.47 Å². The van der Waals surface area contributed by atoms with Crippen molar-refractivity contribution in [1.29, 1.82) is 0 Å². The largest absolute Gasteiger partial charge is 0.485 e. The number of benzene rings is 1. The van der Waals surface area contributed by atoms with Crippen LogP contribution in [0.15, 0.2) is 24.3 Å². The van der Waals surface area contributed by atoms with Crippen molar-refractivity contribution in [3.05, 3.63) is 24.3 Å². The van der Waals surface area contributed by atoms with Crippen LogP contribution in [-0.4, -0.2) is 39.0 Å². The molecule has 2 atom stereocenters. The molecule has 1 fully saturated rings. The second-order valence-corrected chi connectivity index (χ2v) is 5.00. The molecule has 1 aromatic rings. The van der Waals surface area contributed by atoms with E-state index >= 15 is 0 Å². The van der Waals surface area contributed by atoms with Crippen molar-refractivity contribution in [3.63, 3.8) is 0 Å². The Balaban J connectivity index is 1.44. The fourth-order valence-corrected chi connectivity index (χ4v) is 2.47. The van der Waals surface area contributed by atoms with Gasteiger partial charge < -0.3 is 20.1 Å². The number of rotatable bonds is 4. The van der Waals surface area contributed by atoms with Gasteiger partial charge in [-0.25, -0.2) is 0 Å². The molecule has 0 spiro atoms. The second-order valence-electron chi connectivity index (χ2n) is 5.00. The molecule has 2 aliphatic rings. The molecule has 18 heavy (non-hydrogen) atoms. The van der Waals surface area contributed by atoms with Crippen LogP contribution in [0.5, 0.6) is 5.75 Å². The van der Waals surface area contributed by atoms with Gasteiger partial charge in [0.05, 0.1) is 18.8 Å². The predicted molar refractivity (Wildman–Crippen MR) is 71.1 cm³/mol. The highest BCUT2D eigenvalue weighted by molar-refractivity contribution is 5.57. The molecule has 98 valence electrons. The molecule has 0 bridgehead atoms. The highest BCUT2D eigenvalue weighted by atomic mass is 16.5. The van der Waals surface area contributed by atoms with Crippen molar-refractivity contribution in [1.82, 2.24) is 5.32 Å². The molecule has 2 aliphatic heterocycles. The third-order valence-electron chi connectivity index (χ3n) is 3.53. The number of hydrogen-bond donors (Lipinski definition) is 2. The average molecular weight is 248 g/mol. The Morgan fingerprint density at radius 2 is 2.22 bits per heavy atom. The van der Waals surface area contributed by atoms with Gasteiger partial charge >= 0.3 is 0 Å². The monoisotopic (exact) mass is 248 g/mol. The van der Waals surface area contributed by atoms with Gasteiger partial charge in [-0.1, -0.05) is 12.1 Å². The number of anilines is 1. The molecule has 4 heteroatoms. The van der Waals surface area contributed by atoms with Gasteiger partial charge in [-0.3, -0.25) is 0 Å². The Morgan fingerprint density at radius 3 is 3.11 bits per heavy atom. The fourth-order valence-electron chi connectivity index (χ4n) is 2.47. The standard InChI is InChI=1S/C14H20N2O2/c1-2-4-14-13(3-1)16-9-12(18-14)8-15-7-11-5-6-17-10-11/h1-4,11-12,15-16H,5-10H2. The Bertz CT molecular complexity index is 391. The molecule has 2 heterocycles. The lowest BCUT2D eigenvalue weighted by atomic mass is 10.1. The van der Waals surface area contributed by atoms with E-state index in [4.69, 9.17) is 9.47 Å². The van der Waals surface area contributed by atoms with E-state index in [-0.39, 0.29) is 6.10 Å². The Labute approximate surface area is 108 Å². The molecule has 4 nitrogen and oxygen atoms in total. The van der Waals surface area contributed by atoms with Gasteiger partial charge in [0.15, 0.2) is 0 Å². The molecule has 2 unspecified atom stereocenters. The Morgan fingerprint density at radius 1 is 1.28 bits per heavy atom. The lowest BCUT2D eigenvalue weighted by Gasteiger charge is -2.27. The van der Waals surface area contributed by atoms with Gasteiger partial charge in [0, 0.05) is 19.7 Å². The van der Waals surface area contributed by atoms with Crippen LogP contribution >= 0.6 is 0 Å². The summed E-state index contributed by atoms with van der Waals surface area (Å²) in [6.45, 7) is 4.60. The van der Waals surface area contributed by atoms with Gasteiger partial charge in [-0.2, -0.15) is 0 Å². The van der Waals surface area contributed by atoms with Crippen LogP contribution in [0.4, 0.5) is 5.69 Å². The molecule has 1 saturated heterocycles. The van der Waals surface area contributed by atoms with Crippen LogP contribution in [0.2, 0.25) is 0 Å². The molecule has 0 radical (unpaired) electrons. The van der Waals surface area contributed by atoms with E-state index in [2.05, 4.69) is 16.7 Å². The van der Waals surface area contributed by atoms with E-state index in [9.17, 15) is 0 Å². The maximum absolute atomic E-state index is 5.94. The summed E-state index contributed by atoms with van der Waals surface area (Å²) >= 11 is 0. The molecule has 2 N–H and O–H groups in total. The number of hydrogen-bond acceptors (Lipinski definition) is 4. The average Bonchev–Trinajstić information content (AvgIpc) is 2.92. The summed E-state index contributed by atoms with van der Waals surface area (Å²) < 4.78 is 11.3. The van der Waals surface area contributed by atoms with E-state index in [0.717, 1.165) is 44.3 Å². The highest BCUT2D eigenvalue weighted by Crippen LogP contribution is 2.27. The molecule has 0 amide bonds. The number of fused-ring (bicyclic) bond motifs is 1. The fraction of sp³-hybridized carbons (Fsp3) is 0.571. The summed E-state index contributed by atoms with van der Waals surface area (Å²) in [5.74, 6) is 1.63. The van der Waals surface area contributed by atoms with Crippen molar-refractivity contribution >= 4 is 5.69 Å². The minimum absolute atomic E-state index is 0.210. The number of nitrogens with one attached hydrogen (secondary N) is 2. The Hall–Kier alpha value is -1.26. The molecular weight excluding hydrogens is 228 g/mol. The highest BCUT2D eigenvalue weighted by Gasteiger charge is 2.20. The number of ether oxygens (including phenoxy) is 2. The summed E-state index contributed by atoms with van der Waals surface area (Å²) in [4.78, 5) is 0. The van der Waals surface area contributed by atoms with E-state index in [1.54, 1.807) is 0 Å². The van der Waals surface area contributed by atoms with Crippen molar-refractivity contribution in [2.24, 2.45) is 5.92 Å². The lowest BCUT2D eigenvalue weighted by Crippen LogP contribution is -2.40. The third kappa shape index (κ3) is 2.76. The van der Waals surface area contributed by atoms with Gasteiger partial charge in [0.1, 0.15) is 11.9 Å². The Kier molecular flexibility index (Phi) is 3.67. The van der Waals surface area contributed by atoms with Crippen LogP contribution < -0.4 is 15.4 Å². The van der Waals surface area contributed by atoms with Crippen LogP contribution in [0.3, 0.4) is 0 Å². The zero-order chi connectivity index (χ0) is 12.2. The normalized spacial score (nSPS) is 26.2. The molecule has 0 aliphatic carbocycles. The SMILES string of the molecule is c1ccc2c(c1)NCC(CNCC1CCOC1)O2. The first kappa shape index (κ1) is 11.8.